The molecule has 0 atom stereocenters. The number of benzene rings is 1. The fourth-order valence-electron chi connectivity index (χ4n) is 2.12. The molecule has 0 saturated heterocycles. The molecule has 1 N–H and O–H groups in total. The maximum absolute atomic E-state index is 12.7. The summed E-state index contributed by atoms with van der Waals surface area (Å²) in [4.78, 5) is 12.4. The van der Waals surface area contributed by atoms with Crippen molar-refractivity contribution >= 4 is 73.0 Å². The lowest BCUT2D eigenvalue weighted by molar-refractivity contribution is 0.588. The molecule has 0 saturated carbocycles. The van der Waals surface area contributed by atoms with E-state index < -0.39 is 7.14 Å². The topological polar surface area (TPSA) is 67.8 Å². The third-order valence-corrected chi connectivity index (χ3v) is 6.07. The van der Waals surface area contributed by atoms with Crippen LogP contribution in [0.25, 0.3) is 10.2 Å². The zero-order chi connectivity index (χ0) is 15.9. The van der Waals surface area contributed by atoms with Gasteiger partial charge in [-0.3, -0.25) is 0 Å². The third kappa shape index (κ3) is 3.04. The zero-order valence-electron chi connectivity index (χ0n) is 11.7. The van der Waals surface area contributed by atoms with E-state index >= 15 is 0 Å². The van der Waals surface area contributed by atoms with E-state index in [0.717, 1.165) is 10.2 Å². The second kappa shape index (κ2) is 5.89. The van der Waals surface area contributed by atoms with Crippen molar-refractivity contribution < 1.29 is 4.57 Å². The van der Waals surface area contributed by atoms with Crippen molar-refractivity contribution in [3.05, 3.63) is 33.6 Å². The molecular formula is C13H11BrClN4OPS. The molecule has 0 aliphatic carbocycles. The van der Waals surface area contributed by atoms with Crippen LogP contribution in [0, 0.1) is 0 Å². The van der Waals surface area contributed by atoms with Crippen molar-refractivity contribution in [3.63, 3.8) is 0 Å². The Bertz CT molecular complexity index is 910. The van der Waals surface area contributed by atoms with Gasteiger partial charge in [0.15, 0.2) is 0 Å². The first-order valence-electron chi connectivity index (χ1n) is 6.23. The summed E-state index contributed by atoms with van der Waals surface area (Å²) >= 11 is 10.7. The number of anilines is 2. The lowest BCUT2D eigenvalue weighted by Crippen LogP contribution is -2.12. The molecule has 3 rings (SSSR count). The molecule has 0 fully saturated rings. The second-order valence-electron chi connectivity index (χ2n) is 4.97. The lowest BCUT2D eigenvalue weighted by atomic mass is 10.3. The highest BCUT2D eigenvalue weighted by Crippen LogP contribution is 2.42. The number of thiazole rings is 1. The van der Waals surface area contributed by atoms with Gasteiger partial charge in [0, 0.05) is 6.20 Å². The van der Waals surface area contributed by atoms with Crippen molar-refractivity contribution in [2.75, 3.05) is 18.6 Å². The summed E-state index contributed by atoms with van der Waals surface area (Å²) in [7, 11) is -2.54. The normalized spacial score (nSPS) is 11.8. The molecule has 9 heteroatoms. The van der Waals surface area contributed by atoms with Crippen molar-refractivity contribution in [1.29, 1.82) is 0 Å². The van der Waals surface area contributed by atoms with E-state index in [0.29, 0.717) is 21.3 Å². The van der Waals surface area contributed by atoms with Crippen LogP contribution in [-0.2, 0) is 4.57 Å². The van der Waals surface area contributed by atoms with Gasteiger partial charge in [0.1, 0.15) is 13.0 Å². The van der Waals surface area contributed by atoms with Gasteiger partial charge in [-0.25, -0.2) is 9.97 Å². The van der Waals surface area contributed by atoms with E-state index in [1.807, 2.05) is 12.1 Å². The molecule has 0 bridgehead atoms. The standard InChI is InChI=1S/C13H11BrClN4OPS/c1-21(2,20)11-8(3-4-9-10(11)17-6-22-9)18-12-7(14)5-16-13(15)19-12/h3-6H,1-2H3,(H,16,18,19). The summed E-state index contributed by atoms with van der Waals surface area (Å²) in [6, 6.07) is 3.84. The Kier molecular flexibility index (Phi) is 4.25. The van der Waals surface area contributed by atoms with E-state index in [-0.39, 0.29) is 5.28 Å². The van der Waals surface area contributed by atoms with Crippen molar-refractivity contribution in [2.45, 2.75) is 0 Å². The Balaban J connectivity index is 2.18. The average molecular weight is 418 g/mol. The van der Waals surface area contributed by atoms with Crippen LogP contribution < -0.4 is 10.6 Å². The third-order valence-electron chi connectivity index (χ3n) is 2.98. The van der Waals surface area contributed by atoms with Crippen molar-refractivity contribution in [2.24, 2.45) is 0 Å². The molecule has 0 aliphatic heterocycles. The first kappa shape index (κ1) is 15.9. The zero-order valence-corrected chi connectivity index (χ0v) is 15.7. The second-order valence-corrected chi connectivity index (χ2v) is 10.2. The number of aromatic nitrogens is 3. The van der Waals surface area contributed by atoms with Crippen LogP contribution in [0.2, 0.25) is 5.28 Å². The summed E-state index contributed by atoms with van der Waals surface area (Å²) in [6.45, 7) is 3.46. The van der Waals surface area contributed by atoms with Crippen LogP contribution >= 0.6 is 46.0 Å². The summed E-state index contributed by atoms with van der Waals surface area (Å²) in [5, 5.41) is 4.03. The van der Waals surface area contributed by atoms with Gasteiger partial charge < -0.3 is 9.88 Å². The smallest absolute Gasteiger partial charge is 0.224 e. The Morgan fingerprint density at radius 1 is 1.32 bits per heavy atom. The number of hydrogen-bond donors (Lipinski definition) is 1. The molecule has 22 heavy (non-hydrogen) atoms. The molecule has 2 heterocycles. The van der Waals surface area contributed by atoms with E-state index in [1.54, 1.807) is 25.0 Å². The molecule has 0 spiro atoms. The van der Waals surface area contributed by atoms with Gasteiger partial charge in [-0.05, 0) is 53.0 Å². The van der Waals surface area contributed by atoms with E-state index in [2.05, 4.69) is 36.2 Å². The fraction of sp³-hybridized carbons (Fsp3) is 0.154. The number of nitrogens with one attached hydrogen (secondary N) is 1. The highest BCUT2D eigenvalue weighted by molar-refractivity contribution is 9.10. The average Bonchev–Trinajstić information content (AvgIpc) is 2.89. The van der Waals surface area contributed by atoms with Crippen LogP contribution in [0.15, 0.2) is 28.3 Å². The molecule has 5 nitrogen and oxygen atoms in total. The molecule has 0 aliphatic rings. The first-order chi connectivity index (χ1) is 10.4. The van der Waals surface area contributed by atoms with Crippen LogP contribution in [-0.4, -0.2) is 28.3 Å². The number of halogens is 2. The molecule has 1 aromatic carbocycles. The minimum absolute atomic E-state index is 0.137. The molecule has 0 unspecified atom stereocenters. The minimum atomic E-state index is -2.54. The summed E-state index contributed by atoms with van der Waals surface area (Å²) < 4.78 is 14.4. The first-order valence-corrected chi connectivity index (χ1v) is 10.9. The molecule has 0 radical (unpaired) electrons. The number of fused-ring (bicyclic) bond motifs is 1. The van der Waals surface area contributed by atoms with Gasteiger partial charge in [0.2, 0.25) is 5.28 Å². The monoisotopic (exact) mass is 416 g/mol. The Morgan fingerprint density at radius 2 is 2.09 bits per heavy atom. The van der Waals surface area contributed by atoms with Gasteiger partial charge in [0.05, 0.1) is 31.2 Å². The molecule has 2 aromatic heterocycles. The Hall–Kier alpha value is -1.01. The largest absolute Gasteiger partial charge is 0.338 e. The molecular weight excluding hydrogens is 407 g/mol. The summed E-state index contributed by atoms with van der Waals surface area (Å²) in [6.07, 6.45) is 1.57. The molecule has 3 aromatic rings. The highest BCUT2D eigenvalue weighted by atomic mass is 79.9. The predicted octanol–water partition coefficient (Wildman–Crippen LogP) is 4.49. The number of rotatable bonds is 3. The number of hydrogen-bond acceptors (Lipinski definition) is 6. The van der Waals surface area contributed by atoms with Gasteiger partial charge >= 0.3 is 0 Å². The van der Waals surface area contributed by atoms with Gasteiger partial charge in [-0.1, -0.05) is 0 Å². The van der Waals surface area contributed by atoms with Crippen LogP contribution in [0.3, 0.4) is 0 Å². The van der Waals surface area contributed by atoms with Crippen molar-refractivity contribution in [1.82, 2.24) is 15.0 Å². The highest BCUT2D eigenvalue weighted by Gasteiger charge is 2.22. The Morgan fingerprint density at radius 3 is 2.82 bits per heavy atom. The maximum Gasteiger partial charge on any atom is 0.224 e. The van der Waals surface area contributed by atoms with Crippen LogP contribution in [0.5, 0.6) is 0 Å². The van der Waals surface area contributed by atoms with E-state index in [1.165, 1.54) is 11.3 Å². The van der Waals surface area contributed by atoms with Gasteiger partial charge in [0.25, 0.3) is 0 Å². The maximum atomic E-state index is 12.7. The van der Waals surface area contributed by atoms with Crippen LogP contribution in [0.4, 0.5) is 11.5 Å². The van der Waals surface area contributed by atoms with E-state index in [4.69, 9.17) is 11.6 Å². The minimum Gasteiger partial charge on any atom is -0.338 e. The fourth-order valence-corrected chi connectivity index (χ4v) is 4.71. The van der Waals surface area contributed by atoms with Gasteiger partial charge in [-0.15, -0.1) is 11.3 Å². The molecule has 114 valence electrons. The van der Waals surface area contributed by atoms with Crippen LogP contribution in [0.1, 0.15) is 0 Å². The molecule has 0 amide bonds. The Labute approximate surface area is 144 Å². The quantitative estimate of drug-likeness (QED) is 0.502. The summed E-state index contributed by atoms with van der Waals surface area (Å²) in [5.74, 6) is 0.518. The lowest BCUT2D eigenvalue weighted by Gasteiger charge is -2.16. The number of nitrogens with zero attached hydrogens (tertiary/aromatic N) is 3. The predicted molar refractivity (Wildman–Crippen MR) is 96.7 cm³/mol. The SMILES string of the molecule is CP(C)(=O)c1c(Nc2nc(Cl)ncc2Br)ccc2scnc12. The summed E-state index contributed by atoms with van der Waals surface area (Å²) in [5.41, 5.74) is 3.23. The van der Waals surface area contributed by atoms with Crippen molar-refractivity contribution in [3.8, 4) is 0 Å². The van der Waals surface area contributed by atoms with E-state index in [9.17, 15) is 4.57 Å². The van der Waals surface area contributed by atoms with Gasteiger partial charge in [-0.2, -0.15) is 4.98 Å².